The van der Waals surface area contributed by atoms with E-state index in [2.05, 4.69) is 25.7 Å². The number of likely N-dealkylation sites (tertiary alicyclic amines) is 1. The number of hydrogen-bond donors (Lipinski definition) is 1. The van der Waals surface area contributed by atoms with E-state index in [0.717, 1.165) is 18.7 Å². The molecule has 3 nitrogen and oxygen atoms in total. The van der Waals surface area contributed by atoms with E-state index in [0.29, 0.717) is 17.8 Å². The minimum absolute atomic E-state index is 0.217. The summed E-state index contributed by atoms with van der Waals surface area (Å²) in [6.07, 6.45) is 2.91. The highest BCUT2D eigenvalue weighted by Crippen LogP contribution is 2.58. The molecule has 1 aliphatic carbocycles. The van der Waals surface area contributed by atoms with Crippen LogP contribution in [0, 0.1) is 16.7 Å². The Balaban J connectivity index is 1.71. The molecule has 1 heterocycles. The maximum atomic E-state index is 12.6. The molecule has 114 valence electrons. The summed E-state index contributed by atoms with van der Waals surface area (Å²) in [7, 11) is 0. The van der Waals surface area contributed by atoms with Crippen LogP contribution in [0.4, 0.5) is 0 Å². The van der Waals surface area contributed by atoms with Gasteiger partial charge in [0, 0.05) is 13.1 Å². The van der Waals surface area contributed by atoms with Gasteiger partial charge >= 0.3 is 0 Å². The third kappa shape index (κ3) is 2.33. The second kappa shape index (κ2) is 4.75. The number of phenolic OH excluding ortho intramolecular Hbond substituents is 1. The molecule has 1 aliphatic heterocycles. The SMILES string of the molecule is CC1(C)C2CC[C@]1(C)CN(C(=O)Cc1ccc(O)cc1)C2. The molecule has 21 heavy (non-hydrogen) atoms. The van der Waals surface area contributed by atoms with E-state index in [1.54, 1.807) is 12.1 Å². The summed E-state index contributed by atoms with van der Waals surface area (Å²) in [6, 6.07) is 6.95. The summed E-state index contributed by atoms with van der Waals surface area (Å²) < 4.78 is 0. The molecular formula is C18H25NO2. The molecule has 2 bridgehead atoms. The first-order valence-electron chi connectivity index (χ1n) is 7.87. The number of hydrogen-bond acceptors (Lipinski definition) is 2. The Bertz CT molecular complexity index is 549. The third-order valence-corrected chi connectivity index (χ3v) is 6.25. The van der Waals surface area contributed by atoms with Crippen LogP contribution in [0.1, 0.15) is 39.2 Å². The van der Waals surface area contributed by atoms with Crippen molar-refractivity contribution in [1.82, 2.24) is 4.90 Å². The second-order valence-electron chi connectivity index (χ2n) is 7.64. The molecule has 1 saturated carbocycles. The van der Waals surface area contributed by atoms with Gasteiger partial charge in [0.05, 0.1) is 6.42 Å². The zero-order valence-corrected chi connectivity index (χ0v) is 13.2. The Labute approximate surface area is 127 Å². The van der Waals surface area contributed by atoms with Crippen molar-refractivity contribution in [3.05, 3.63) is 29.8 Å². The van der Waals surface area contributed by atoms with Gasteiger partial charge in [-0.05, 0) is 47.3 Å². The smallest absolute Gasteiger partial charge is 0.227 e. The molecule has 0 aromatic heterocycles. The zero-order valence-electron chi connectivity index (χ0n) is 13.2. The molecule has 1 aromatic carbocycles. The van der Waals surface area contributed by atoms with Gasteiger partial charge in [-0.25, -0.2) is 0 Å². The lowest BCUT2D eigenvalue weighted by Crippen LogP contribution is -2.54. The van der Waals surface area contributed by atoms with E-state index < -0.39 is 0 Å². The van der Waals surface area contributed by atoms with Gasteiger partial charge in [-0.3, -0.25) is 4.79 Å². The van der Waals surface area contributed by atoms with E-state index in [-0.39, 0.29) is 17.1 Å². The predicted molar refractivity (Wildman–Crippen MR) is 83.0 cm³/mol. The lowest BCUT2D eigenvalue weighted by molar-refractivity contribution is -0.138. The Hall–Kier alpha value is -1.51. The fraction of sp³-hybridized carbons (Fsp3) is 0.611. The second-order valence-corrected chi connectivity index (χ2v) is 7.64. The average molecular weight is 287 g/mol. The number of carbonyl (C=O) groups excluding carboxylic acids is 1. The number of benzene rings is 1. The van der Waals surface area contributed by atoms with Crippen LogP contribution >= 0.6 is 0 Å². The van der Waals surface area contributed by atoms with E-state index >= 15 is 0 Å². The molecule has 0 radical (unpaired) electrons. The van der Waals surface area contributed by atoms with Gasteiger partial charge in [-0.2, -0.15) is 0 Å². The highest BCUT2D eigenvalue weighted by atomic mass is 16.3. The monoisotopic (exact) mass is 287 g/mol. The van der Waals surface area contributed by atoms with Gasteiger partial charge in [0.1, 0.15) is 5.75 Å². The number of fused-ring (bicyclic) bond motifs is 2. The standard InChI is InChI=1S/C18H25NO2/c1-17(2)14-8-9-18(17,3)12-19(11-14)16(21)10-13-4-6-15(20)7-5-13/h4-7,14,20H,8-12H2,1-3H3/t14?,18-/m1/s1. The maximum absolute atomic E-state index is 12.6. The third-order valence-electron chi connectivity index (χ3n) is 6.25. The topological polar surface area (TPSA) is 40.5 Å². The van der Waals surface area contributed by atoms with Crippen molar-refractivity contribution in [3.63, 3.8) is 0 Å². The Morgan fingerprint density at radius 2 is 1.95 bits per heavy atom. The van der Waals surface area contributed by atoms with E-state index in [1.807, 2.05) is 12.1 Å². The zero-order chi connectivity index (χ0) is 15.3. The van der Waals surface area contributed by atoms with Crippen molar-refractivity contribution in [1.29, 1.82) is 0 Å². The summed E-state index contributed by atoms with van der Waals surface area (Å²) >= 11 is 0. The van der Waals surface area contributed by atoms with Crippen LogP contribution in [0.25, 0.3) is 0 Å². The number of amides is 1. The lowest BCUT2D eigenvalue weighted by Gasteiger charge is -2.50. The van der Waals surface area contributed by atoms with Crippen molar-refractivity contribution >= 4 is 5.91 Å². The fourth-order valence-corrected chi connectivity index (χ4v) is 4.11. The van der Waals surface area contributed by atoms with Crippen LogP contribution in [0.3, 0.4) is 0 Å². The first-order valence-corrected chi connectivity index (χ1v) is 7.87. The van der Waals surface area contributed by atoms with Crippen LogP contribution < -0.4 is 0 Å². The summed E-state index contributed by atoms with van der Waals surface area (Å²) in [6.45, 7) is 8.86. The minimum atomic E-state index is 0.217. The maximum Gasteiger partial charge on any atom is 0.227 e. The fourth-order valence-electron chi connectivity index (χ4n) is 4.11. The lowest BCUT2D eigenvalue weighted by atomic mass is 9.63. The summed E-state index contributed by atoms with van der Waals surface area (Å²) in [5, 5.41) is 9.31. The molecule has 1 N–H and O–H groups in total. The number of carbonyl (C=O) groups is 1. The highest BCUT2D eigenvalue weighted by Gasteiger charge is 2.55. The molecule has 2 atom stereocenters. The van der Waals surface area contributed by atoms with Crippen LogP contribution in [-0.4, -0.2) is 29.0 Å². The molecule has 1 saturated heterocycles. The van der Waals surface area contributed by atoms with Gasteiger partial charge in [0.25, 0.3) is 0 Å². The molecule has 0 spiro atoms. The molecule has 1 aromatic rings. The van der Waals surface area contributed by atoms with Gasteiger partial charge in [-0.1, -0.05) is 32.9 Å². The highest BCUT2D eigenvalue weighted by molar-refractivity contribution is 5.79. The quantitative estimate of drug-likeness (QED) is 0.907. The van der Waals surface area contributed by atoms with Crippen LogP contribution in [0.5, 0.6) is 5.75 Å². The molecule has 2 aliphatic rings. The van der Waals surface area contributed by atoms with E-state index in [9.17, 15) is 9.90 Å². The Morgan fingerprint density at radius 3 is 2.57 bits per heavy atom. The summed E-state index contributed by atoms with van der Waals surface area (Å²) in [4.78, 5) is 14.7. The molecule has 3 rings (SSSR count). The van der Waals surface area contributed by atoms with Gasteiger partial charge < -0.3 is 10.0 Å². The first-order chi connectivity index (χ1) is 9.82. The summed E-state index contributed by atoms with van der Waals surface area (Å²) in [5.74, 6) is 1.09. The van der Waals surface area contributed by atoms with Gasteiger partial charge in [0.2, 0.25) is 5.91 Å². The number of rotatable bonds is 2. The van der Waals surface area contributed by atoms with Gasteiger partial charge in [-0.15, -0.1) is 0 Å². The Morgan fingerprint density at radius 1 is 1.29 bits per heavy atom. The largest absolute Gasteiger partial charge is 0.508 e. The molecule has 1 amide bonds. The van der Waals surface area contributed by atoms with Crippen LogP contribution in [0.2, 0.25) is 0 Å². The first kappa shape index (κ1) is 14.4. The summed E-state index contributed by atoms with van der Waals surface area (Å²) in [5.41, 5.74) is 1.56. The number of aromatic hydroxyl groups is 1. The number of phenols is 1. The van der Waals surface area contributed by atoms with E-state index in [4.69, 9.17) is 0 Å². The number of piperidine rings is 1. The van der Waals surface area contributed by atoms with Crippen LogP contribution in [-0.2, 0) is 11.2 Å². The minimum Gasteiger partial charge on any atom is -0.508 e. The molecular weight excluding hydrogens is 262 g/mol. The average Bonchev–Trinajstić information content (AvgIpc) is 2.58. The van der Waals surface area contributed by atoms with Crippen molar-refractivity contribution in [3.8, 4) is 5.75 Å². The van der Waals surface area contributed by atoms with Crippen molar-refractivity contribution in [2.75, 3.05) is 13.1 Å². The Kier molecular flexibility index (Phi) is 3.27. The van der Waals surface area contributed by atoms with Gasteiger partial charge in [0.15, 0.2) is 0 Å². The van der Waals surface area contributed by atoms with Crippen molar-refractivity contribution in [2.45, 2.75) is 40.0 Å². The van der Waals surface area contributed by atoms with Crippen LogP contribution in [0.15, 0.2) is 24.3 Å². The van der Waals surface area contributed by atoms with Crippen molar-refractivity contribution in [2.24, 2.45) is 16.7 Å². The molecule has 1 unspecified atom stereocenters. The molecule has 3 heteroatoms. The molecule has 2 fully saturated rings. The predicted octanol–water partition coefficient (Wildman–Crippen LogP) is 3.22. The normalized spacial score (nSPS) is 30.4. The van der Waals surface area contributed by atoms with Crippen molar-refractivity contribution < 1.29 is 9.90 Å². The number of nitrogens with zero attached hydrogens (tertiary/aromatic N) is 1. The van der Waals surface area contributed by atoms with E-state index in [1.165, 1.54) is 12.8 Å².